The minimum Gasteiger partial charge on any atom is -0.293 e. The van der Waals surface area contributed by atoms with Crippen molar-refractivity contribution in [2.75, 3.05) is 25.4 Å². The van der Waals surface area contributed by atoms with E-state index in [2.05, 4.69) is 34.1 Å². The van der Waals surface area contributed by atoms with Crippen molar-refractivity contribution in [3.63, 3.8) is 0 Å². The summed E-state index contributed by atoms with van der Waals surface area (Å²) in [5.74, 6) is 1.89. The van der Waals surface area contributed by atoms with E-state index in [9.17, 15) is 4.79 Å². The first-order valence-electron chi connectivity index (χ1n) is 9.18. The van der Waals surface area contributed by atoms with Crippen molar-refractivity contribution in [2.45, 2.75) is 47.7 Å². The topological polar surface area (TPSA) is 23.6 Å². The van der Waals surface area contributed by atoms with E-state index < -0.39 is 0 Å². The van der Waals surface area contributed by atoms with Crippen LogP contribution in [-0.4, -0.2) is 62.9 Å². The number of benzene rings is 1. The molecule has 5 fully saturated rings. The molecule has 5 aliphatic rings. The molecule has 6 rings (SSSR count). The minimum atomic E-state index is -0.277. The fourth-order valence-electron chi connectivity index (χ4n) is 5.38. The fourth-order valence-corrected chi connectivity index (χ4v) is 10.4. The molecule has 0 aromatic heterocycles. The highest BCUT2D eigenvalue weighted by Crippen LogP contribution is 3.08. The summed E-state index contributed by atoms with van der Waals surface area (Å²) < 4.78 is 0. The maximum absolute atomic E-state index is 12.5. The third kappa shape index (κ3) is 1.77. The lowest BCUT2D eigenvalue weighted by molar-refractivity contribution is 0.0287. The Balaban J connectivity index is 1.15. The molecule has 5 saturated heterocycles. The van der Waals surface area contributed by atoms with Crippen LogP contribution >= 0.6 is 10.0 Å². The number of nitrogens with zero attached hydrogens (tertiary/aromatic N) is 2. The van der Waals surface area contributed by atoms with Gasteiger partial charge in [-0.05, 0) is 37.1 Å². The maximum atomic E-state index is 12.5. The number of ketones is 1. The van der Waals surface area contributed by atoms with E-state index in [0.717, 1.165) is 22.6 Å². The number of hydrogen-bond acceptors (Lipinski definition) is 3. The van der Waals surface area contributed by atoms with Gasteiger partial charge in [-0.15, -0.1) is 0 Å². The van der Waals surface area contributed by atoms with Crippen LogP contribution in [0, 0.1) is 0 Å². The van der Waals surface area contributed by atoms with E-state index in [1.54, 1.807) is 0 Å². The SMILES string of the molecule is O=C(c1ccc(CN2CCCN3CCCC32)cc1)C1C2C3CS312. The molecule has 5 atom stereocenters. The van der Waals surface area contributed by atoms with E-state index in [4.69, 9.17) is 0 Å². The van der Waals surface area contributed by atoms with Crippen LogP contribution in [0.2, 0.25) is 0 Å². The number of Topliss-reactive ketones (excluding diaryl/α,β-unsaturated/α-hetero) is 1. The standard InChI is InChI=1S/C19H24N2OS/c22-17(19-18-15-12-23(15,18)19)14-6-4-13(5-7-14)11-21-10-2-9-20-8-1-3-16(20)21/h4-7,15-16,18-19H,1-3,8-12H2. The molecule has 0 aliphatic carbocycles. The van der Waals surface area contributed by atoms with Gasteiger partial charge in [-0.3, -0.25) is 14.6 Å². The molecule has 5 unspecified atom stereocenters. The average Bonchev–Trinajstić information content (AvgIpc) is 3.47. The van der Waals surface area contributed by atoms with Crippen LogP contribution in [0.15, 0.2) is 24.3 Å². The predicted octanol–water partition coefficient (Wildman–Crippen LogP) is 2.45. The molecule has 0 radical (unpaired) electrons. The van der Waals surface area contributed by atoms with Gasteiger partial charge in [0.15, 0.2) is 5.78 Å². The molecule has 0 bridgehead atoms. The summed E-state index contributed by atoms with van der Waals surface area (Å²) in [4.78, 5) is 17.8. The van der Waals surface area contributed by atoms with Gasteiger partial charge >= 0.3 is 0 Å². The number of rotatable bonds is 4. The summed E-state index contributed by atoms with van der Waals surface area (Å²) in [6, 6.07) is 8.59. The highest BCUT2D eigenvalue weighted by atomic mass is 32.3. The van der Waals surface area contributed by atoms with Crippen molar-refractivity contribution in [3.05, 3.63) is 35.4 Å². The largest absolute Gasteiger partial charge is 0.293 e. The smallest absolute Gasteiger partial charge is 0.175 e. The Labute approximate surface area is 139 Å². The molecule has 122 valence electrons. The number of carbonyl (C=O) groups excluding carboxylic acids is 1. The Kier molecular flexibility index (Phi) is 2.58. The highest BCUT2D eigenvalue weighted by molar-refractivity contribution is 8.54. The Hall–Kier alpha value is -0.840. The Bertz CT molecular complexity index is 689. The summed E-state index contributed by atoms with van der Waals surface area (Å²) in [5.41, 5.74) is 2.34. The second-order valence-corrected chi connectivity index (χ2v) is 11.9. The van der Waals surface area contributed by atoms with Crippen molar-refractivity contribution < 1.29 is 4.79 Å². The maximum Gasteiger partial charge on any atom is 0.175 e. The predicted molar refractivity (Wildman–Crippen MR) is 94.2 cm³/mol. The zero-order valence-electron chi connectivity index (χ0n) is 13.5. The molecule has 5 aliphatic heterocycles. The van der Waals surface area contributed by atoms with Gasteiger partial charge in [0.1, 0.15) is 0 Å². The molecule has 3 nitrogen and oxygen atoms in total. The molecule has 1 aromatic carbocycles. The first kappa shape index (κ1) is 13.5. The summed E-state index contributed by atoms with van der Waals surface area (Å²) >= 11 is 0. The number of hydrogen-bond donors (Lipinski definition) is 0. The minimum absolute atomic E-state index is 0.277. The lowest BCUT2D eigenvalue weighted by Gasteiger charge is -2.40. The van der Waals surface area contributed by atoms with Crippen LogP contribution in [0.4, 0.5) is 0 Å². The van der Waals surface area contributed by atoms with Crippen LogP contribution in [0.3, 0.4) is 0 Å². The highest BCUT2D eigenvalue weighted by Gasteiger charge is 2.95. The zero-order chi connectivity index (χ0) is 15.2. The summed E-state index contributed by atoms with van der Waals surface area (Å²) in [6.45, 7) is 4.82. The van der Waals surface area contributed by atoms with Gasteiger partial charge in [0.2, 0.25) is 0 Å². The summed E-state index contributed by atoms with van der Waals surface area (Å²) in [5, 5.41) is 2.42. The van der Waals surface area contributed by atoms with E-state index in [1.807, 2.05) is 0 Å². The quantitative estimate of drug-likeness (QED) is 0.626. The monoisotopic (exact) mass is 328 g/mol. The molecule has 1 aromatic rings. The van der Waals surface area contributed by atoms with Crippen molar-refractivity contribution >= 4 is 15.8 Å². The second kappa shape index (κ2) is 4.41. The molecule has 0 saturated carbocycles. The molecule has 23 heavy (non-hydrogen) atoms. The van der Waals surface area contributed by atoms with Gasteiger partial charge in [-0.25, -0.2) is 10.0 Å². The van der Waals surface area contributed by atoms with Crippen molar-refractivity contribution in [3.8, 4) is 0 Å². The molecular formula is C19H24N2OS. The van der Waals surface area contributed by atoms with Gasteiger partial charge < -0.3 is 0 Å². The van der Waals surface area contributed by atoms with E-state index in [0.29, 0.717) is 17.2 Å². The second-order valence-electron chi connectivity index (χ2n) is 8.04. The van der Waals surface area contributed by atoms with E-state index in [1.165, 1.54) is 50.2 Å². The van der Waals surface area contributed by atoms with Gasteiger partial charge in [0.25, 0.3) is 0 Å². The molecule has 4 heteroatoms. The van der Waals surface area contributed by atoms with Crippen LogP contribution in [0.1, 0.15) is 35.2 Å². The first-order valence-corrected chi connectivity index (χ1v) is 11.2. The average molecular weight is 328 g/mol. The molecule has 1 spiro atoms. The van der Waals surface area contributed by atoms with Crippen LogP contribution < -0.4 is 0 Å². The normalized spacial score (nSPS) is 46.3. The van der Waals surface area contributed by atoms with Crippen LogP contribution in [0.25, 0.3) is 0 Å². The third-order valence-corrected chi connectivity index (χ3v) is 11.5. The van der Waals surface area contributed by atoms with Gasteiger partial charge in [-0.1, -0.05) is 24.3 Å². The fraction of sp³-hybridized carbons (Fsp3) is 0.632. The van der Waals surface area contributed by atoms with Crippen molar-refractivity contribution in [2.24, 2.45) is 0 Å². The number of fused-ring (bicyclic) bond motifs is 2. The Morgan fingerprint density at radius 1 is 1.13 bits per heavy atom. The lowest BCUT2D eigenvalue weighted by Crippen LogP contribution is -2.49. The third-order valence-electron chi connectivity index (χ3n) is 6.92. The van der Waals surface area contributed by atoms with Crippen molar-refractivity contribution in [1.29, 1.82) is 0 Å². The van der Waals surface area contributed by atoms with E-state index >= 15 is 0 Å². The zero-order valence-corrected chi connectivity index (χ0v) is 14.3. The Morgan fingerprint density at radius 2 is 1.91 bits per heavy atom. The number of carbonyl (C=O) groups is 1. The van der Waals surface area contributed by atoms with E-state index in [-0.39, 0.29) is 10.0 Å². The van der Waals surface area contributed by atoms with Crippen molar-refractivity contribution in [1.82, 2.24) is 9.80 Å². The first-order chi connectivity index (χ1) is 11.3. The van der Waals surface area contributed by atoms with Gasteiger partial charge in [0, 0.05) is 35.7 Å². The molecule has 0 N–H and O–H groups in total. The van der Waals surface area contributed by atoms with Crippen LogP contribution in [-0.2, 0) is 6.54 Å². The molecule has 5 heterocycles. The summed E-state index contributed by atoms with van der Waals surface area (Å²) in [6.07, 6.45) is 4.63. The molecule has 0 amide bonds. The van der Waals surface area contributed by atoms with Gasteiger partial charge in [-0.2, -0.15) is 0 Å². The van der Waals surface area contributed by atoms with Crippen LogP contribution in [0.5, 0.6) is 0 Å². The lowest BCUT2D eigenvalue weighted by atomic mass is 10.0. The summed E-state index contributed by atoms with van der Waals surface area (Å²) in [7, 11) is -0.277. The molecular weight excluding hydrogens is 304 g/mol. The Morgan fingerprint density at radius 3 is 2.65 bits per heavy atom. The van der Waals surface area contributed by atoms with Gasteiger partial charge in [0.05, 0.1) is 11.4 Å².